The lowest BCUT2D eigenvalue weighted by Gasteiger charge is -2.27. The minimum atomic E-state index is -0.340. The molecule has 1 aliphatic heterocycles. The highest BCUT2D eigenvalue weighted by molar-refractivity contribution is 6.07. The summed E-state index contributed by atoms with van der Waals surface area (Å²) in [5, 5.41) is 2.76. The molecule has 2 aromatic rings. The van der Waals surface area contributed by atoms with Crippen LogP contribution >= 0.6 is 0 Å². The Hall–Kier alpha value is -2.95. The molecule has 0 aromatic heterocycles. The molecule has 134 valence electrons. The zero-order valence-electron chi connectivity index (χ0n) is 14.5. The third kappa shape index (κ3) is 4.57. The predicted molar refractivity (Wildman–Crippen MR) is 100 cm³/mol. The van der Waals surface area contributed by atoms with Crippen molar-refractivity contribution < 1.29 is 14.0 Å². The normalized spacial score (nSPS) is 14.4. The Morgan fingerprint density at radius 3 is 2.38 bits per heavy atom. The highest BCUT2D eigenvalue weighted by Crippen LogP contribution is 2.20. The molecule has 0 unspecified atom stereocenters. The highest BCUT2D eigenvalue weighted by atomic mass is 19.1. The Labute approximate surface area is 152 Å². The number of carbonyl (C=O) groups excluding carboxylic acids is 2. The zero-order valence-corrected chi connectivity index (χ0v) is 14.5. The SMILES string of the molecule is O=C(C=Cc1ccc(F)cc1)Nc1ccccc1C(=O)N1CCCCC1. The average Bonchev–Trinajstić information content (AvgIpc) is 2.68. The molecule has 1 heterocycles. The van der Waals surface area contributed by atoms with E-state index in [2.05, 4.69) is 5.32 Å². The molecule has 0 radical (unpaired) electrons. The number of anilines is 1. The zero-order chi connectivity index (χ0) is 18.4. The lowest BCUT2D eigenvalue weighted by molar-refractivity contribution is -0.111. The fraction of sp³-hybridized carbons (Fsp3) is 0.238. The van der Waals surface area contributed by atoms with Crippen molar-refractivity contribution in [2.24, 2.45) is 0 Å². The molecule has 0 atom stereocenters. The van der Waals surface area contributed by atoms with Crippen LogP contribution in [-0.2, 0) is 4.79 Å². The van der Waals surface area contributed by atoms with Gasteiger partial charge in [-0.25, -0.2) is 4.39 Å². The van der Waals surface area contributed by atoms with E-state index in [1.54, 1.807) is 42.5 Å². The first-order valence-electron chi connectivity index (χ1n) is 8.76. The largest absolute Gasteiger partial charge is 0.339 e. The van der Waals surface area contributed by atoms with Gasteiger partial charge in [-0.05, 0) is 55.2 Å². The summed E-state index contributed by atoms with van der Waals surface area (Å²) in [7, 11) is 0. The van der Waals surface area contributed by atoms with E-state index in [1.807, 2.05) is 4.90 Å². The lowest BCUT2D eigenvalue weighted by atomic mass is 10.1. The van der Waals surface area contributed by atoms with Crippen LogP contribution in [0.4, 0.5) is 10.1 Å². The first-order chi connectivity index (χ1) is 12.6. The topological polar surface area (TPSA) is 49.4 Å². The smallest absolute Gasteiger partial charge is 0.255 e. The molecule has 1 fully saturated rings. The van der Waals surface area contributed by atoms with Crippen LogP contribution in [0.25, 0.3) is 6.08 Å². The predicted octanol–water partition coefficient (Wildman–Crippen LogP) is 4.10. The van der Waals surface area contributed by atoms with Crippen molar-refractivity contribution >= 4 is 23.6 Å². The van der Waals surface area contributed by atoms with Gasteiger partial charge in [0.25, 0.3) is 5.91 Å². The van der Waals surface area contributed by atoms with Crippen LogP contribution in [0.2, 0.25) is 0 Å². The Morgan fingerprint density at radius 2 is 1.65 bits per heavy atom. The van der Waals surface area contributed by atoms with E-state index in [0.717, 1.165) is 37.9 Å². The highest BCUT2D eigenvalue weighted by Gasteiger charge is 2.20. The molecule has 26 heavy (non-hydrogen) atoms. The molecular weight excluding hydrogens is 331 g/mol. The second-order valence-corrected chi connectivity index (χ2v) is 6.27. The summed E-state index contributed by atoms with van der Waals surface area (Å²) in [5.74, 6) is -0.715. The molecule has 4 nitrogen and oxygen atoms in total. The number of benzene rings is 2. The first kappa shape index (κ1) is 17.9. The lowest BCUT2D eigenvalue weighted by Crippen LogP contribution is -2.36. The minimum Gasteiger partial charge on any atom is -0.339 e. The van der Waals surface area contributed by atoms with Gasteiger partial charge in [-0.3, -0.25) is 9.59 Å². The summed E-state index contributed by atoms with van der Waals surface area (Å²) in [6.07, 6.45) is 6.15. The van der Waals surface area contributed by atoms with E-state index in [0.29, 0.717) is 11.3 Å². The quantitative estimate of drug-likeness (QED) is 0.842. The van der Waals surface area contributed by atoms with Gasteiger partial charge in [-0.15, -0.1) is 0 Å². The van der Waals surface area contributed by atoms with Gasteiger partial charge in [0.05, 0.1) is 11.3 Å². The fourth-order valence-corrected chi connectivity index (χ4v) is 2.97. The maximum absolute atomic E-state index is 12.9. The van der Waals surface area contributed by atoms with Gasteiger partial charge in [-0.1, -0.05) is 24.3 Å². The standard InChI is InChI=1S/C21H21FN2O2/c22-17-11-8-16(9-12-17)10-13-20(25)23-19-7-3-2-6-18(19)21(26)24-14-4-1-5-15-24/h2-3,6-13H,1,4-5,14-15H2,(H,23,25). The van der Waals surface area contributed by atoms with E-state index >= 15 is 0 Å². The van der Waals surface area contributed by atoms with E-state index in [4.69, 9.17) is 0 Å². The summed E-state index contributed by atoms with van der Waals surface area (Å²) in [5.41, 5.74) is 1.72. The molecule has 0 aliphatic carbocycles. The summed E-state index contributed by atoms with van der Waals surface area (Å²) in [6, 6.07) is 12.9. The molecular formula is C21H21FN2O2. The summed E-state index contributed by atoms with van der Waals surface area (Å²) in [6.45, 7) is 1.51. The maximum Gasteiger partial charge on any atom is 0.255 e. The fourth-order valence-electron chi connectivity index (χ4n) is 2.97. The second kappa shape index (κ2) is 8.43. The van der Waals surface area contributed by atoms with Crippen LogP contribution in [0, 0.1) is 5.82 Å². The van der Waals surface area contributed by atoms with Crippen LogP contribution < -0.4 is 5.32 Å². The van der Waals surface area contributed by atoms with Crippen LogP contribution in [0.15, 0.2) is 54.6 Å². The van der Waals surface area contributed by atoms with Crippen LogP contribution in [-0.4, -0.2) is 29.8 Å². The summed E-state index contributed by atoms with van der Waals surface area (Å²) in [4.78, 5) is 26.8. The Bertz CT molecular complexity index is 809. The molecule has 1 N–H and O–H groups in total. The summed E-state index contributed by atoms with van der Waals surface area (Å²) < 4.78 is 12.9. The number of nitrogens with one attached hydrogen (secondary N) is 1. The number of para-hydroxylation sites is 1. The number of hydrogen-bond donors (Lipinski definition) is 1. The van der Waals surface area contributed by atoms with Crippen molar-refractivity contribution in [1.82, 2.24) is 4.90 Å². The molecule has 0 spiro atoms. The van der Waals surface area contributed by atoms with Gasteiger partial charge < -0.3 is 10.2 Å². The van der Waals surface area contributed by atoms with Crippen molar-refractivity contribution in [3.8, 4) is 0 Å². The third-order valence-corrected chi connectivity index (χ3v) is 4.36. The Morgan fingerprint density at radius 1 is 0.962 bits per heavy atom. The molecule has 1 aliphatic rings. The van der Waals surface area contributed by atoms with E-state index in [9.17, 15) is 14.0 Å². The monoisotopic (exact) mass is 352 g/mol. The molecule has 3 rings (SSSR count). The number of hydrogen-bond acceptors (Lipinski definition) is 2. The van der Waals surface area contributed by atoms with Crippen molar-refractivity contribution in [3.63, 3.8) is 0 Å². The average molecular weight is 352 g/mol. The van der Waals surface area contributed by atoms with Gasteiger partial charge in [0.1, 0.15) is 5.82 Å². The van der Waals surface area contributed by atoms with Crippen molar-refractivity contribution in [2.45, 2.75) is 19.3 Å². The number of likely N-dealkylation sites (tertiary alicyclic amines) is 1. The third-order valence-electron chi connectivity index (χ3n) is 4.36. The van der Waals surface area contributed by atoms with E-state index in [-0.39, 0.29) is 17.6 Å². The number of halogens is 1. The van der Waals surface area contributed by atoms with Crippen molar-refractivity contribution in [3.05, 3.63) is 71.6 Å². The van der Waals surface area contributed by atoms with Crippen LogP contribution in [0.1, 0.15) is 35.2 Å². The van der Waals surface area contributed by atoms with Crippen molar-refractivity contribution in [2.75, 3.05) is 18.4 Å². The number of piperidine rings is 1. The molecule has 0 saturated carbocycles. The van der Waals surface area contributed by atoms with Gasteiger partial charge in [0.2, 0.25) is 5.91 Å². The maximum atomic E-state index is 12.9. The molecule has 5 heteroatoms. The number of rotatable bonds is 4. The van der Waals surface area contributed by atoms with Crippen LogP contribution in [0.5, 0.6) is 0 Å². The van der Waals surface area contributed by atoms with E-state index in [1.165, 1.54) is 18.2 Å². The van der Waals surface area contributed by atoms with Gasteiger partial charge in [0, 0.05) is 19.2 Å². The molecule has 1 saturated heterocycles. The molecule has 0 bridgehead atoms. The Balaban J connectivity index is 1.70. The summed E-state index contributed by atoms with van der Waals surface area (Å²) >= 11 is 0. The number of nitrogens with zero attached hydrogens (tertiary/aromatic N) is 1. The minimum absolute atomic E-state index is 0.0527. The van der Waals surface area contributed by atoms with Gasteiger partial charge in [-0.2, -0.15) is 0 Å². The van der Waals surface area contributed by atoms with Gasteiger partial charge in [0.15, 0.2) is 0 Å². The van der Waals surface area contributed by atoms with Crippen LogP contribution in [0.3, 0.4) is 0 Å². The Kier molecular flexibility index (Phi) is 5.79. The van der Waals surface area contributed by atoms with Crippen molar-refractivity contribution in [1.29, 1.82) is 0 Å². The first-order valence-corrected chi connectivity index (χ1v) is 8.76. The number of amides is 2. The second-order valence-electron chi connectivity index (χ2n) is 6.27. The molecule has 2 amide bonds. The molecule has 2 aromatic carbocycles. The van der Waals surface area contributed by atoms with E-state index < -0.39 is 0 Å². The van der Waals surface area contributed by atoms with Gasteiger partial charge >= 0.3 is 0 Å². The number of carbonyl (C=O) groups is 2.